The van der Waals surface area contributed by atoms with Crippen LogP contribution in [0.1, 0.15) is 17.3 Å². The summed E-state index contributed by atoms with van der Waals surface area (Å²) in [5.41, 5.74) is 1.58. The summed E-state index contributed by atoms with van der Waals surface area (Å²) in [6, 6.07) is 10.0. The van der Waals surface area contributed by atoms with Gasteiger partial charge in [0, 0.05) is 23.5 Å². The van der Waals surface area contributed by atoms with E-state index < -0.39 is 5.82 Å². The van der Waals surface area contributed by atoms with Gasteiger partial charge in [0.05, 0.1) is 0 Å². The maximum atomic E-state index is 13.4. The standard InChI is InChI=1S/C15H13F2NO/c1-2-18(14-5-3-12(16)4-6-14)15-8-11(10-19)7-13(17)9-15/h3-10H,2H2,1H3. The number of aldehydes is 1. The van der Waals surface area contributed by atoms with Crippen molar-refractivity contribution in [1.29, 1.82) is 0 Å². The topological polar surface area (TPSA) is 20.3 Å². The molecule has 0 aliphatic carbocycles. The van der Waals surface area contributed by atoms with Crippen LogP contribution in [0.3, 0.4) is 0 Å². The molecule has 0 atom stereocenters. The molecule has 4 heteroatoms. The predicted molar refractivity (Wildman–Crippen MR) is 70.9 cm³/mol. The van der Waals surface area contributed by atoms with Gasteiger partial charge in [0.25, 0.3) is 0 Å². The zero-order valence-corrected chi connectivity index (χ0v) is 10.4. The zero-order chi connectivity index (χ0) is 13.8. The first-order valence-corrected chi connectivity index (χ1v) is 5.93. The van der Waals surface area contributed by atoms with Crippen molar-refractivity contribution < 1.29 is 13.6 Å². The molecule has 0 radical (unpaired) electrons. The Morgan fingerprint density at radius 1 is 1.00 bits per heavy atom. The molecule has 0 N–H and O–H groups in total. The minimum atomic E-state index is -0.472. The number of anilines is 2. The van der Waals surface area contributed by atoms with Gasteiger partial charge in [0.2, 0.25) is 0 Å². The maximum Gasteiger partial charge on any atom is 0.150 e. The lowest BCUT2D eigenvalue weighted by Gasteiger charge is -2.23. The molecule has 0 saturated carbocycles. The number of halogens is 2. The quantitative estimate of drug-likeness (QED) is 0.777. The van der Waals surface area contributed by atoms with Crippen molar-refractivity contribution in [1.82, 2.24) is 0 Å². The number of hydrogen-bond acceptors (Lipinski definition) is 2. The fraction of sp³-hybridized carbons (Fsp3) is 0.133. The molecule has 0 aliphatic rings. The molecule has 0 fully saturated rings. The van der Waals surface area contributed by atoms with Crippen LogP contribution in [0.4, 0.5) is 20.2 Å². The van der Waals surface area contributed by atoms with E-state index in [4.69, 9.17) is 0 Å². The maximum absolute atomic E-state index is 13.4. The van der Waals surface area contributed by atoms with Crippen LogP contribution < -0.4 is 4.90 Å². The Morgan fingerprint density at radius 3 is 2.26 bits per heavy atom. The first kappa shape index (κ1) is 13.2. The number of carbonyl (C=O) groups is 1. The summed E-state index contributed by atoms with van der Waals surface area (Å²) in [7, 11) is 0. The van der Waals surface area contributed by atoms with Gasteiger partial charge in [-0.25, -0.2) is 8.78 Å². The Morgan fingerprint density at radius 2 is 1.68 bits per heavy atom. The molecule has 0 saturated heterocycles. The third-order valence-corrected chi connectivity index (χ3v) is 2.81. The second kappa shape index (κ2) is 5.61. The molecule has 0 spiro atoms. The number of carbonyl (C=O) groups excluding carboxylic acids is 1. The van der Waals surface area contributed by atoms with Gasteiger partial charge in [-0.1, -0.05) is 0 Å². The Bertz CT molecular complexity index is 581. The highest BCUT2D eigenvalue weighted by atomic mass is 19.1. The SMILES string of the molecule is CCN(c1ccc(F)cc1)c1cc(F)cc(C=O)c1. The molecule has 19 heavy (non-hydrogen) atoms. The van der Waals surface area contributed by atoms with E-state index in [1.807, 2.05) is 6.92 Å². The molecule has 0 aromatic heterocycles. The molecule has 0 unspecified atom stereocenters. The molecule has 2 rings (SSSR count). The largest absolute Gasteiger partial charge is 0.342 e. The van der Waals surface area contributed by atoms with Crippen molar-refractivity contribution >= 4 is 17.7 Å². The van der Waals surface area contributed by atoms with E-state index in [0.29, 0.717) is 18.5 Å². The van der Waals surface area contributed by atoms with Crippen LogP contribution in [-0.2, 0) is 0 Å². The van der Waals surface area contributed by atoms with Crippen molar-refractivity contribution in [2.75, 3.05) is 11.4 Å². The van der Waals surface area contributed by atoms with Gasteiger partial charge in [0.1, 0.15) is 17.9 Å². The van der Waals surface area contributed by atoms with Gasteiger partial charge in [-0.3, -0.25) is 4.79 Å². The molecule has 0 amide bonds. The van der Waals surface area contributed by atoms with Gasteiger partial charge >= 0.3 is 0 Å². The minimum Gasteiger partial charge on any atom is -0.342 e. The summed E-state index contributed by atoms with van der Waals surface area (Å²) < 4.78 is 26.4. The van der Waals surface area contributed by atoms with Crippen molar-refractivity contribution in [2.24, 2.45) is 0 Å². The van der Waals surface area contributed by atoms with Crippen LogP contribution in [0.15, 0.2) is 42.5 Å². The zero-order valence-electron chi connectivity index (χ0n) is 10.4. The van der Waals surface area contributed by atoms with Crippen molar-refractivity contribution in [3.8, 4) is 0 Å². The number of nitrogens with zero attached hydrogens (tertiary/aromatic N) is 1. The first-order chi connectivity index (χ1) is 9.13. The molecule has 2 nitrogen and oxygen atoms in total. The van der Waals surface area contributed by atoms with Crippen LogP contribution in [0, 0.1) is 11.6 Å². The van der Waals surface area contributed by atoms with Crippen LogP contribution in [0.25, 0.3) is 0 Å². The summed E-state index contributed by atoms with van der Waals surface area (Å²) >= 11 is 0. The van der Waals surface area contributed by atoms with E-state index in [0.717, 1.165) is 5.69 Å². The Balaban J connectivity index is 2.44. The van der Waals surface area contributed by atoms with Gasteiger partial charge in [-0.15, -0.1) is 0 Å². The average Bonchev–Trinajstić information content (AvgIpc) is 2.41. The Kier molecular flexibility index (Phi) is 3.90. The summed E-state index contributed by atoms with van der Waals surface area (Å²) in [5.74, 6) is -0.798. The highest BCUT2D eigenvalue weighted by Gasteiger charge is 2.10. The Hall–Kier alpha value is -2.23. The molecule has 98 valence electrons. The van der Waals surface area contributed by atoms with Crippen molar-refractivity contribution in [3.05, 3.63) is 59.7 Å². The smallest absolute Gasteiger partial charge is 0.150 e. The van der Waals surface area contributed by atoms with E-state index in [9.17, 15) is 13.6 Å². The lowest BCUT2D eigenvalue weighted by atomic mass is 10.1. The number of rotatable bonds is 4. The molecule has 2 aromatic rings. The molecule has 0 bridgehead atoms. The van der Waals surface area contributed by atoms with Gasteiger partial charge in [-0.2, -0.15) is 0 Å². The van der Waals surface area contributed by atoms with Gasteiger partial charge in [0.15, 0.2) is 0 Å². The molecular formula is C15H13F2NO. The van der Waals surface area contributed by atoms with E-state index in [2.05, 4.69) is 0 Å². The average molecular weight is 261 g/mol. The van der Waals surface area contributed by atoms with Crippen molar-refractivity contribution in [3.63, 3.8) is 0 Å². The van der Waals surface area contributed by atoms with Gasteiger partial charge in [-0.05, 0) is 49.4 Å². The van der Waals surface area contributed by atoms with Crippen LogP contribution >= 0.6 is 0 Å². The second-order valence-electron chi connectivity index (χ2n) is 4.08. The molecule has 0 aliphatic heterocycles. The monoisotopic (exact) mass is 261 g/mol. The first-order valence-electron chi connectivity index (χ1n) is 5.93. The lowest BCUT2D eigenvalue weighted by Crippen LogP contribution is -2.16. The molecule has 2 aromatic carbocycles. The number of hydrogen-bond donors (Lipinski definition) is 0. The lowest BCUT2D eigenvalue weighted by molar-refractivity contribution is 0.112. The molecular weight excluding hydrogens is 248 g/mol. The third kappa shape index (κ3) is 2.96. The van der Waals surface area contributed by atoms with Crippen molar-refractivity contribution in [2.45, 2.75) is 6.92 Å². The number of benzene rings is 2. The summed E-state index contributed by atoms with van der Waals surface area (Å²) in [5, 5.41) is 0. The van der Waals surface area contributed by atoms with E-state index >= 15 is 0 Å². The summed E-state index contributed by atoms with van der Waals surface area (Å²) in [6.07, 6.45) is 0.602. The minimum absolute atomic E-state index is 0.274. The third-order valence-electron chi connectivity index (χ3n) is 2.81. The van der Waals surface area contributed by atoms with E-state index in [1.54, 1.807) is 23.1 Å². The second-order valence-corrected chi connectivity index (χ2v) is 4.08. The van der Waals surface area contributed by atoms with Crippen LogP contribution in [0.2, 0.25) is 0 Å². The molecule has 0 heterocycles. The fourth-order valence-corrected chi connectivity index (χ4v) is 1.96. The highest BCUT2D eigenvalue weighted by molar-refractivity contribution is 5.78. The highest BCUT2D eigenvalue weighted by Crippen LogP contribution is 2.26. The fourth-order valence-electron chi connectivity index (χ4n) is 1.96. The normalized spacial score (nSPS) is 10.3. The van der Waals surface area contributed by atoms with Gasteiger partial charge < -0.3 is 4.90 Å². The van der Waals surface area contributed by atoms with Crippen LogP contribution in [0.5, 0.6) is 0 Å². The van der Waals surface area contributed by atoms with E-state index in [1.165, 1.54) is 24.3 Å². The Labute approximate surface area is 110 Å². The van der Waals surface area contributed by atoms with E-state index in [-0.39, 0.29) is 11.4 Å². The summed E-state index contributed by atoms with van der Waals surface area (Å²) in [4.78, 5) is 12.6. The van der Waals surface area contributed by atoms with Crippen LogP contribution in [-0.4, -0.2) is 12.8 Å². The summed E-state index contributed by atoms with van der Waals surface area (Å²) in [6.45, 7) is 2.47. The predicted octanol–water partition coefficient (Wildman–Crippen LogP) is 3.94.